The molecule has 21 heavy (non-hydrogen) atoms. The minimum atomic E-state index is -0.364. The van der Waals surface area contributed by atoms with Crippen LogP contribution in [-0.4, -0.2) is 71.4 Å². The van der Waals surface area contributed by atoms with Gasteiger partial charge in [0.05, 0.1) is 0 Å². The summed E-state index contributed by atoms with van der Waals surface area (Å²) < 4.78 is 0. The van der Waals surface area contributed by atoms with Gasteiger partial charge in [0, 0.05) is 37.7 Å². The molecular formula is C15H27N3O2S. The lowest BCUT2D eigenvalue weighted by atomic mass is 9.97. The highest BCUT2D eigenvalue weighted by Gasteiger charge is 2.40. The number of nitrogens with zero attached hydrogens (tertiary/aromatic N) is 2. The smallest absolute Gasteiger partial charge is 0.246 e. The Balaban J connectivity index is 2.01. The van der Waals surface area contributed by atoms with Crippen LogP contribution >= 0.6 is 11.8 Å². The predicted molar refractivity (Wildman–Crippen MR) is 86.3 cm³/mol. The monoisotopic (exact) mass is 313 g/mol. The van der Waals surface area contributed by atoms with E-state index in [1.807, 2.05) is 37.4 Å². The molecule has 2 atom stereocenters. The molecule has 0 spiro atoms. The van der Waals surface area contributed by atoms with Crippen LogP contribution in [0.4, 0.5) is 0 Å². The van der Waals surface area contributed by atoms with E-state index in [-0.39, 0.29) is 29.8 Å². The minimum absolute atomic E-state index is 0.00463. The lowest BCUT2D eigenvalue weighted by molar-refractivity contribution is -0.151. The fraction of sp³-hybridized carbons (Fsp3) is 0.867. The van der Waals surface area contributed by atoms with Crippen molar-refractivity contribution in [2.24, 2.45) is 5.92 Å². The number of amides is 2. The maximum atomic E-state index is 12.6. The first kappa shape index (κ1) is 16.6. The molecule has 0 aromatic rings. The van der Waals surface area contributed by atoms with Crippen molar-refractivity contribution in [3.8, 4) is 0 Å². The summed E-state index contributed by atoms with van der Waals surface area (Å²) in [6.45, 7) is 9.65. The lowest BCUT2D eigenvalue weighted by Crippen LogP contribution is -2.65. The third kappa shape index (κ3) is 3.92. The fourth-order valence-electron chi connectivity index (χ4n) is 2.98. The first-order chi connectivity index (χ1) is 10.0. The molecule has 2 aliphatic rings. The van der Waals surface area contributed by atoms with Crippen LogP contribution in [0.3, 0.4) is 0 Å². The molecule has 0 aliphatic carbocycles. The second-order valence-electron chi connectivity index (χ2n) is 6.14. The third-order valence-electron chi connectivity index (χ3n) is 4.34. The molecule has 2 unspecified atom stereocenters. The Morgan fingerprint density at radius 3 is 2.48 bits per heavy atom. The number of piperazine rings is 1. The van der Waals surface area contributed by atoms with Crippen LogP contribution < -0.4 is 5.32 Å². The Hall–Kier alpha value is -0.750. The van der Waals surface area contributed by atoms with Crippen molar-refractivity contribution in [3.05, 3.63) is 0 Å². The van der Waals surface area contributed by atoms with Gasteiger partial charge in [-0.3, -0.25) is 14.5 Å². The van der Waals surface area contributed by atoms with Crippen molar-refractivity contribution in [1.29, 1.82) is 0 Å². The van der Waals surface area contributed by atoms with Crippen LogP contribution in [0.2, 0.25) is 0 Å². The molecule has 0 bridgehead atoms. The van der Waals surface area contributed by atoms with Gasteiger partial charge in [-0.05, 0) is 12.3 Å². The van der Waals surface area contributed by atoms with Gasteiger partial charge in [-0.15, -0.1) is 0 Å². The maximum absolute atomic E-state index is 12.6. The molecule has 0 radical (unpaired) electrons. The van der Waals surface area contributed by atoms with Crippen LogP contribution in [0.15, 0.2) is 0 Å². The van der Waals surface area contributed by atoms with Crippen molar-refractivity contribution in [3.63, 3.8) is 0 Å². The number of hydrogen-bond donors (Lipinski definition) is 1. The molecule has 120 valence electrons. The van der Waals surface area contributed by atoms with E-state index in [4.69, 9.17) is 0 Å². The average molecular weight is 313 g/mol. The van der Waals surface area contributed by atoms with Gasteiger partial charge in [0.25, 0.3) is 0 Å². The van der Waals surface area contributed by atoms with E-state index in [9.17, 15) is 9.59 Å². The highest BCUT2D eigenvalue weighted by Crippen LogP contribution is 2.18. The molecule has 0 saturated carbocycles. The topological polar surface area (TPSA) is 52.7 Å². The quantitative estimate of drug-likeness (QED) is 0.816. The van der Waals surface area contributed by atoms with E-state index >= 15 is 0 Å². The van der Waals surface area contributed by atoms with Gasteiger partial charge in [-0.1, -0.05) is 20.8 Å². The van der Waals surface area contributed by atoms with E-state index in [1.165, 1.54) is 11.5 Å². The van der Waals surface area contributed by atoms with Crippen LogP contribution in [-0.2, 0) is 9.59 Å². The van der Waals surface area contributed by atoms with Crippen molar-refractivity contribution >= 4 is 23.6 Å². The summed E-state index contributed by atoms with van der Waals surface area (Å²) in [4.78, 5) is 29.1. The number of rotatable bonds is 5. The molecule has 6 heteroatoms. The van der Waals surface area contributed by atoms with Gasteiger partial charge in [0.2, 0.25) is 11.8 Å². The molecule has 1 N–H and O–H groups in total. The van der Waals surface area contributed by atoms with Gasteiger partial charge in [-0.2, -0.15) is 11.8 Å². The van der Waals surface area contributed by atoms with Gasteiger partial charge < -0.3 is 10.2 Å². The number of carbonyl (C=O) groups is 2. The molecular weight excluding hydrogens is 286 g/mol. The predicted octanol–water partition coefficient (Wildman–Crippen LogP) is 0.797. The van der Waals surface area contributed by atoms with Crippen molar-refractivity contribution in [2.45, 2.75) is 39.3 Å². The van der Waals surface area contributed by atoms with Gasteiger partial charge in [-0.25, -0.2) is 0 Å². The van der Waals surface area contributed by atoms with Crippen LogP contribution in [0.25, 0.3) is 0 Å². The van der Waals surface area contributed by atoms with E-state index in [1.54, 1.807) is 0 Å². The number of thioether (sulfide) groups is 1. The fourth-order valence-corrected chi connectivity index (χ4v) is 3.96. The summed E-state index contributed by atoms with van der Waals surface area (Å²) in [5.41, 5.74) is 0. The zero-order valence-corrected chi connectivity index (χ0v) is 14.1. The first-order valence-corrected chi connectivity index (χ1v) is 9.11. The second-order valence-corrected chi connectivity index (χ2v) is 7.36. The normalized spacial score (nSPS) is 28.1. The van der Waals surface area contributed by atoms with E-state index in [0.717, 1.165) is 19.6 Å². The van der Waals surface area contributed by atoms with Gasteiger partial charge >= 0.3 is 0 Å². The molecule has 2 saturated heterocycles. The summed E-state index contributed by atoms with van der Waals surface area (Å²) >= 11 is 1.98. The average Bonchev–Trinajstić information content (AvgIpc) is 2.48. The minimum Gasteiger partial charge on any atom is -0.342 e. The Morgan fingerprint density at radius 1 is 1.24 bits per heavy atom. The summed E-state index contributed by atoms with van der Waals surface area (Å²) in [5, 5.41) is 2.89. The third-order valence-corrected chi connectivity index (χ3v) is 5.28. The number of carbonyl (C=O) groups excluding carboxylic acids is 2. The number of nitrogens with one attached hydrogen (secondary N) is 1. The molecule has 2 heterocycles. The van der Waals surface area contributed by atoms with Gasteiger partial charge in [0.1, 0.15) is 12.1 Å². The zero-order chi connectivity index (χ0) is 15.4. The molecule has 2 amide bonds. The second kappa shape index (κ2) is 7.49. The van der Waals surface area contributed by atoms with Crippen molar-refractivity contribution in [2.75, 3.05) is 37.7 Å². The highest BCUT2D eigenvalue weighted by atomic mass is 32.2. The van der Waals surface area contributed by atoms with E-state index in [2.05, 4.69) is 10.2 Å². The lowest BCUT2D eigenvalue weighted by Gasteiger charge is -2.41. The Bertz CT molecular complexity index is 383. The molecule has 2 fully saturated rings. The molecule has 2 rings (SSSR count). The van der Waals surface area contributed by atoms with Crippen LogP contribution in [0.1, 0.15) is 27.2 Å². The molecule has 2 aliphatic heterocycles. The maximum Gasteiger partial charge on any atom is 0.246 e. The largest absolute Gasteiger partial charge is 0.342 e. The molecule has 5 nitrogen and oxygen atoms in total. The Kier molecular flexibility index (Phi) is 5.93. The van der Waals surface area contributed by atoms with Crippen molar-refractivity contribution < 1.29 is 9.59 Å². The molecule has 0 aromatic heterocycles. The van der Waals surface area contributed by atoms with E-state index in [0.29, 0.717) is 13.0 Å². The Morgan fingerprint density at radius 2 is 1.90 bits per heavy atom. The van der Waals surface area contributed by atoms with Crippen LogP contribution in [0, 0.1) is 5.92 Å². The van der Waals surface area contributed by atoms with Gasteiger partial charge in [0.15, 0.2) is 0 Å². The van der Waals surface area contributed by atoms with Crippen molar-refractivity contribution in [1.82, 2.24) is 15.1 Å². The van der Waals surface area contributed by atoms with E-state index < -0.39 is 0 Å². The Labute approximate surface area is 131 Å². The first-order valence-electron chi connectivity index (χ1n) is 7.95. The standard InChI is InChI=1S/C15H27N3O2S/c1-4-12-14(19)16-13(11(2)3)15(20)18(12)6-5-17-7-9-21-10-8-17/h11-13H,4-10H2,1-3H3,(H,16,19). The van der Waals surface area contributed by atoms with Crippen LogP contribution in [0.5, 0.6) is 0 Å². The summed E-state index contributed by atoms with van der Waals surface area (Å²) in [6, 6.07) is -0.663. The SMILES string of the molecule is CCC1C(=O)NC(C(C)C)C(=O)N1CCN1CCSCC1. The summed E-state index contributed by atoms with van der Waals surface area (Å²) in [6.07, 6.45) is 0.679. The summed E-state index contributed by atoms with van der Waals surface area (Å²) in [5.74, 6) is 2.56. The number of hydrogen-bond acceptors (Lipinski definition) is 4. The highest BCUT2D eigenvalue weighted by molar-refractivity contribution is 7.99. The molecule has 0 aromatic carbocycles. The summed E-state index contributed by atoms with van der Waals surface area (Å²) in [7, 11) is 0. The zero-order valence-electron chi connectivity index (χ0n) is 13.3.